The van der Waals surface area contributed by atoms with Crippen LogP contribution in [0.5, 0.6) is 0 Å². The van der Waals surface area contributed by atoms with Crippen molar-refractivity contribution in [3.63, 3.8) is 0 Å². The molecule has 0 saturated heterocycles. The third-order valence-corrected chi connectivity index (χ3v) is 5.94. The minimum atomic E-state index is -0.301. The number of hydrogen-bond donors (Lipinski definition) is 2. The summed E-state index contributed by atoms with van der Waals surface area (Å²) in [6, 6.07) is 14.0. The number of fused-ring (bicyclic) bond motifs is 2. The van der Waals surface area contributed by atoms with Gasteiger partial charge in [-0.25, -0.2) is 9.97 Å². The number of benzene rings is 2. The molecule has 6 aromatic rings. The normalized spacial score (nSPS) is 11.0. The predicted molar refractivity (Wildman–Crippen MR) is 139 cm³/mol. The van der Waals surface area contributed by atoms with Crippen LogP contribution in [0, 0.1) is 0 Å². The van der Waals surface area contributed by atoms with E-state index in [0.29, 0.717) is 16.9 Å². The van der Waals surface area contributed by atoms with Crippen molar-refractivity contribution in [1.29, 1.82) is 0 Å². The Morgan fingerprint density at radius 2 is 1.72 bits per heavy atom. The van der Waals surface area contributed by atoms with E-state index in [4.69, 9.17) is 0 Å². The van der Waals surface area contributed by atoms with Crippen LogP contribution >= 0.6 is 0 Å². The predicted octanol–water partition coefficient (Wildman–Crippen LogP) is 4.97. The van der Waals surface area contributed by atoms with E-state index >= 15 is 0 Å². The molecule has 0 aliphatic rings. The standard InChI is InChI=1S/C27H20N8O/c1-35-9-5-17-2-3-18(10-25(17)35)22-11-19(12-23-26(22)32-8-7-31-23)33-24-15-28-6-4-21(24)27(36)34-20-13-29-16-30-14-20/h2-16,33H,1H3,(H,34,36). The highest BCUT2D eigenvalue weighted by atomic mass is 16.1. The first-order valence-electron chi connectivity index (χ1n) is 11.2. The van der Waals surface area contributed by atoms with Gasteiger partial charge in [0, 0.05) is 48.6 Å². The van der Waals surface area contributed by atoms with Gasteiger partial charge < -0.3 is 15.2 Å². The molecule has 0 atom stereocenters. The van der Waals surface area contributed by atoms with Crippen molar-refractivity contribution in [3.8, 4) is 11.1 Å². The number of amides is 1. The molecular formula is C27H20N8O. The summed E-state index contributed by atoms with van der Waals surface area (Å²) >= 11 is 0. The Kier molecular flexibility index (Phi) is 5.27. The number of hydrogen-bond acceptors (Lipinski definition) is 7. The van der Waals surface area contributed by atoms with E-state index in [-0.39, 0.29) is 5.91 Å². The summed E-state index contributed by atoms with van der Waals surface area (Å²) in [5.41, 5.74) is 6.86. The topological polar surface area (TPSA) is 111 Å². The Morgan fingerprint density at radius 3 is 2.61 bits per heavy atom. The molecule has 0 bridgehead atoms. The number of carbonyl (C=O) groups is 1. The van der Waals surface area contributed by atoms with Crippen LogP contribution in [0.15, 0.2) is 92.2 Å². The molecule has 174 valence electrons. The molecule has 9 nitrogen and oxygen atoms in total. The Balaban J connectivity index is 1.41. The fourth-order valence-electron chi connectivity index (χ4n) is 4.21. The summed E-state index contributed by atoms with van der Waals surface area (Å²) in [5.74, 6) is -0.301. The first kappa shape index (κ1) is 21.4. The molecule has 9 heteroatoms. The van der Waals surface area contributed by atoms with E-state index < -0.39 is 0 Å². The van der Waals surface area contributed by atoms with Gasteiger partial charge in [0.2, 0.25) is 0 Å². The third kappa shape index (κ3) is 3.98. The van der Waals surface area contributed by atoms with Crippen LogP contribution in [0.25, 0.3) is 33.1 Å². The second kappa shape index (κ2) is 8.88. The Bertz CT molecular complexity index is 1730. The lowest BCUT2D eigenvalue weighted by atomic mass is 10.0. The highest BCUT2D eigenvalue weighted by Gasteiger charge is 2.15. The van der Waals surface area contributed by atoms with E-state index in [1.807, 2.05) is 25.4 Å². The van der Waals surface area contributed by atoms with Crippen molar-refractivity contribution in [2.75, 3.05) is 10.6 Å². The highest BCUT2D eigenvalue weighted by Crippen LogP contribution is 2.33. The van der Waals surface area contributed by atoms with Crippen molar-refractivity contribution in [2.24, 2.45) is 7.05 Å². The summed E-state index contributed by atoms with van der Waals surface area (Å²) in [6.07, 6.45) is 13.1. The summed E-state index contributed by atoms with van der Waals surface area (Å²) in [5, 5.41) is 7.34. The summed E-state index contributed by atoms with van der Waals surface area (Å²) < 4.78 is 2.09. The van der Waals surface area contributed by atoms with Crippen LogP contribution in [0.1, 0.15) is 10.4 Å². The molecule has 1 amide bonds. The maximum absolute atomic E-state index is 13.0. The van der Waals surface area contributed by atoms with Crippen molar-refractivity contribution < 1.29 is 4.79 Å². The van der Waals surface area contributed by atoms with Gasteiger partial charge in [0.25, 0.3) is 5.91 Å². The van der Waals surface area contributed by atoms with Crippen LogP contribution < -0.4 is 10.6 Å². The summed E-state index contributed by atoms with van der Waals surface area (Å²) in [6.45, 7) is 0. The van der Waals surface area contributed by atoms with E-state index in [0.717, 1.165) is 33.4 Å². The van der Waals surface area contributed by atoms with Crippen LogP contribution in [0.4, 0.5) is 17.1 Å². The number of pyridine rings is 1. The first-order chi connectivity index (χ1) is 17.7. The van der Waals surface area contributed by atoms with Gasteiger partial charge in [0.15, 0.2) is 0 Å². The zero-order valence-electron chi connectivity index (χ0n) is 19.3. The first-order valence-corrected chi connectivity index (χ1v) is 11.2. The zero-order valence-corrected chi connectivity index (χ0v) is 19.3. The Hall–Kier alpha value is -5.18. The van der Waals surface area contributed by atoms with Crippen LogP contribution in [-0.2, 0) is 7.05 Å². The van der Waals surface area contributed by atoms with Crippen LogP contribution in [0.2, 0.25) is 0 Å². The fourth-order valence-corrected chi connectivity index (χ4v) is 4.21. The lowest BCUT2D eigenvalue weighted by Crippen LogP contribution is -2.14. The lowest BCUT2D eigenvalue weighted by Gasteiger charge is -2.14. The SMILES string of the molecule is Cn1ccc2ccc(-c3cc(Nc4cnccc4C(=O)Nc4cncnc4)cc4nccnc34)cc21. The minimum Gasteiger partial charge on any atom is -0.354 e. The number of aryl methyl sites for hydroxylation is 1. The van der Waals surface area contributed by atoms with Gasteiger partial charge in [-0.1, -0.05) is 12.1 Å². The van der Waals surface area contributed by atoms with E-state index in [1.165, 1.54) is 24.1 Å². The number of anilines is 3. The second-order valence-electron chi connectivity index (χ2n) is 8.28. The molecule has 0 aliphatic carbocycles. The van der Waals surface area contributed by atoms with Gasteiger partial charge in [-0.3, -0.25) is 19.7 Å². The van der Waals surface area contributed by atoms with Gasteiger partial charge in [0.1, 0.15) is 6.33 Å². The molecule has 2 aromatic carbocycles. The molecule has 4 aromatic heterocycles. The molecule has 0 unspecified atom stereocenters. The van der Waals surface area contributed by atoms with Gasteiger partial charge in [-0.2, -0.15) is 0 Å². The number of aromatic nitrogens is 6. The summed E-state index contributed by atoms with van der Waals surface area (Å²) in [7, 11) is 2.03. The maximum atomic E-state index is 13.0. The van der Waals surface area contributed by atoms with E-state index in [9.17, 15) is 4.79 Å². The largest absolute Gasteiger partial charge is 0.354 e. The molecule has 0 radical (unpaired) electrons. The molecule has 36 heavy (non-hydrogen) atoms. The number of carbonyl (C=O) groups excluding carboxylic acids is 1. The Morgan fingerprint density at radius 1 is 0.861 bits per heavy atom. The smallest absolute Gasteiger partial charge is 0.257 e. The lowest BCUT2D eigenvalue weighted by molar-refractivity contribution is 0.102. The maximum Gasteiger partial charge on any atom is 0.257 e. The number of rotatable bonds is 5. The van der Waals surface area contributed by atoms with E-state index in [1.54, 1.807) is 30.9 Å². The molecule has 6 rings (SSSR count). The molecule has 0 aliphatic heterocycles. The van der Waals surface area contributed by atoms with Gasteiger partial charge in [-0.15, -0.1) is 0 Å². The zero-order chi connectivity index (χ0) is 24.5. The monoisotopic (exact) mass is 472 g/mol. The van der Waals surface area contributed by atoms with Gasteiger partial charge in [-0.05, 0) is 41.3 Å². The molecule has 2 N–H and O–H groups in total. The van der Waals surface area contributed by atoms with Gasteiger partial charge in [0.05, 0.1) is 46.6 Å². The number of nitrogens with zero attached hydrogens (tertiary/aromatic N) is 6. The quantitative estimate of drug-likeness (QED) is 0.364. The van der Waals surface area contributed by atoms with Crippen molar-refractivity contribution in [2.45, 2.75) is 0 Å². The van der Waals surface area contributed by atoms with Crippen molar-refractivity contribution in [1.82, 2.24) is 29.5 Å². The average molecular weight is 473 g/mol. The molecule has 0 spiro atoms. The van der Waals surface area contributed by atoms with Crippen LogP contribution in [0.3, 0.4) is 0 Å². The Labute approximate surface area is 205 Å². The molecular weight excluding hydrogens is 452 g/mol. The average Bonchev–Trinajstić information content (AvgIpc) is 3.29. The molecule has 4 heterocycles. The van der Waals surface area contributed by atoms with Crippen LogP contribution in [-0.4, -0.2) is 35.4 Å². The second-order valence-corrected chi connectivity index (χ2v) is 8.28. The summed E-state index contributed by atoms with van der Waals surface area (Å²) in [4.78, 5) is 34.2. The van der Waals surface area contributed by atoms with Crippen molar-refractivity contribution in [3.05, 3.63) is 97.7 Å². The fraction of sp³-hybridized carbons (Fsp3) is 0.0370. The van der Waals surface area contributed by atoms with Crippen molar-refractivity contribution >= 4 is 44.9 Å². The third-order valence-electron chi connectivity index (χ3n) is 5.94. The highest BCUT2D eigenvalue weighted by molar-refractivity contribution is 6.08. The minimum absolute atomic E-state index is 0.301. The molecule has 0 fully saturated rings. The number of nitrogens with one attached hydrogen (secondary N) is 2. The van der Waals surface area contributed by atoms with E-state index in [2.05, 4.69) is 64.4 Å². The van der Waals surface area contributed by atoms with Gasteiger partial charge >= 0.3 is 0 Å². The molecule has 0 saturated carbocycles.